The molecule has 0 spiro atoms. The van der Waals surface area contributed by atoms with Crippen molar-refractivity contribution in [3.63, 3.8) is 0 Å². The Hall–Kier alpha value is -2.17. The highest BCUT2D eigenvalue weighted by Gasteiger charge is 2.14. The van der Waals surface area contributed by atoms with Gasteiger partial charge in [-0.2, -0.15) is 0 Å². The van der Waals surface area contributed by atoms with Gasteiger partial charge in [-0.05, 0) is 26.0 Å². The lowest BCUT2D eigenvalue weighted by molar-refractivity contribution is 0.111. The van der Waals surface area contributed by atoms with Crippen LogP contribution in [-0.4, -0.2) is 21.3 Å². The summed E-state index contributed by atoms with van der Waals surface area (Å²) in [4.78, 5) is 10.9. The number of rotatable bonds is 5. The Bertz CT molecular complexity index is 520. The second-order valence-corrected chi connectivity index (χ2v) is 4.18. The summed E-state index contributed by atoms with van der Waals surface area (Å²) in [7, 11) is 0. The van der Waals surface area contributed by atoms with Crippen LogP contribution in [0.1, 0.15) is 36.1 Å². The van der Waals surface area contributed by atoms with Crippen LogP contribution in [0.4, 0.5) is 0 Å². The Kier molecular flexibility index (Phi) is 3.72. The van der Waals surface area contributed by atoms with Crippen molar-refractivity contribution in [2.45, 2.75) is 26.5 Å². The minimum absolute atomic E-state index is 0.139. The number of aldehydes is 1. The summed E-state index contributed by atoms with van der Waals surface area (Å²) in [6.45, 7) is 4.24. The molecular formula is C13H15N3O2. The van der Waals surface area contributed by atoms with Crippen molar-refractivity contribution >= 4 is 6.29 Å². The smallest absolute Gasteiger partial charge is 0.172 e. The molecule has 0 fully saturated rings. The highest BCUT2D eigenvalue weighted by Crippen LogP contribution is 2.15. The fourth-order valence-electron chi connectivity index (χ4n) is 1.64. The number of hydrogen-bond donors (Lipinski definition) is 0. The lowest BCUT2D eigenvalue weighted by Gasteiger charge is -2.11. The molecule has 1 aromatic carbocycles. The van der Waals surface area contributed by atoms with Crippen LogP contribution < -0.4 is 4.74 Å². The van der Waals surface area contributed by atoms with Crippen molar-refractivity contribution in [2.75, 3.05) is 0 Å². The van der Waals surface area contributed by atoms with Gasteiger partial charge in [0.15, 0.2) is 12.0 Å². The van der Waals surface area contributed by atoms with Crippen LogP contribution in [0.2, 0.25) is 0 Å². The minimum Gasteiger partial charge on any atom is -0.487 e. The molecule has 0 aliphatic heterocycles. The van der Waals surface area contributed by atoms with Crippen molar-refractivity contribution in [1.82, 2.24) is 15.0 Å². The van der Waals surface area contributed by atoms with E-state index in [9.17, 15) is 4.79 Å². The van der Waals surface area contributed by atoms with Gasteiger partial charge in [0, 0.05) is 6.04 Å². The van der Waals surface area contributed by atoms with Crippen molar-refractivity contribution in [2.24, 2.45) is 0 Å². The predicted molar refractivity (Wildman–Crippen MR) is 66.6 cm³/mol. The quantitative estimate of drug-likeness (QED) is 0.758. The minimum atomic E-state index is 0.139. The van der Waals surface area contributed by atoms with E-state index in [2.05, 4.69) is 10.3 Å². The van der Waals surface area contributed by atoms with Crippen LogP contribution in [0.3, 0.4) is 0 Å². The first kappa shape index (κ1) is 12.3. The molecule has 2 rings (SSSR count). The van der Waals surface area contributed by atoms with E-state index in [1.807, 2.05) is 44.2 Å². The number of benzene rings is 1. The van der Waals surface area contributed by atoms with Crippen molar-refractivity contribution < 1.29 is 9.53 Å². The summed E-state index contributed by atoms with van der Waals surface area (Å²) in [5, 5.41) is 7.79. The lowest BCUT2D eigenvalue weighted by Crippen LogP contribution is -2.11. The van der Waals surface area contributed by atoms with E-state index < -0.39 is 0 Å². The van der Waals surface area contributed by atoms with E-state index in [0.29, 0.717) is 17.7 Å². The first-order valence-electron chi connectivity index (χ1n) is 5.79. The van der Waals surface area contributed by atoms with Crippen LogP contribution in [0, 0.1) is 0 Å². The molecule has 0 bridgehead atoms. The fourth-order valence-corrected chi connectivity index (χ4v) is 1.64. The number of aromatic nitrogens is 3. The summed E-state index contributed by atoms with van der Waals surface area (Å²) in [6, 6.07) is 9.58. The summed E-state index contributed by atoms with van der Waals surface area (Å²) < 4.78 is 7.33. The van der Waals surface area contributed by atoms with Crippen LogP contribution >= 0.6 is 0 Å². The van der Waals surface area contributed by atoms with E-state index >= 15 is 0 Å². The third-order valence-corrected chi connectivity index (χ3v) is 2.54. The zero-order chi connectivity index (χ0) is 13.0. The zero-order valence-electron chi connectivity index (χ0n) is 10.4. The van der Waals surface area contributed by atoms with E-state index in [1.54, 1.807) is 4.68 Å². The molecule has 0 N–H and O–H groups in total. The Labute approximate surface area is 105 Å². The van der Waals surface area contributed by atoms with Crippen LogP contribution in [0.15, 0.2) is 30.3 Å². The molecule has 1 heterocycles. The van der Waals surface area contributed by atoms with Gasteiger partial charge < -0.3 is 4.74 Å². The van der Waals surface area contributed by atoms with Gasteiger partial charge >= 0.3 is 0 Å². The zero-order valence-corrected chi connectivity index (χ0v) is 10.4. The average Bonchev–Trinajstić information content (AvgIpc) is 2.80. The van der Waals surface area contributed by atoms with E-state index in [1.165, 1.54) is 0 Å². The largest absolute Gasteiger partial charge is 0.487 e. The van der Waals surface area contributed by atoms with Gasteiger partial charge in [-0.15, -0.1) is 5.10 Å². The molecule has 0 aliphatic rings. The first-order chi connectivity index (χ1) is 8.72. The second kappa shape index (κ2) is 5.44. The monoisotopic (exact) mass is 245 g/mol. The van der Waals surface area contributed by atoms with E-state index in [-0.39, 0.29) is 12.6 Å². The van der Waals surface area contributed by atoms with E-state index in [4.69, 9.17) is 4.74 Å². The molecule has 0 saturated carbocycles. The Balaban J connectivity index is 2.17. The maximum atomic E-state index is 10.9. The summed E-state index contributed by atoms with van der Waals surface area (Å²) >= 11 is 0. The SMILES string of the molecule is CC(C)n1nnc(C=O)c1COc1ccccc1. The summed E-state index contributed by atoms with van der Waals surface area (Å²) in [5.41, 5.74) is 1.03. The molecule has 0 aliphatic carbocycles. The normalized spacial score (nSPS) is 10.6. The molecule has 0 atom stereocenters. The third kappa shape index (κ3) is 2.56. The summed E-state index contributed by atoms with van der Waals surface area (Å²) in [5.74, 6) is 0.755. The number of nitrogens with zero attached hydrogens (tertiary/aromatic N) is 3. The highest BCUT2D eigenvalue weighted by molar-refractivity contribution is 5.73. The summed E-state index contributed by atoms with van der Waals surface area (Å²) in [6.07, 6.45) is 0.704. The van der Waals surface area contributed by atoms with Gasteiger partial charge in [0.05, 0.1) is 0 Å². The number of ether oxygens (including phenoxy) is 1. The number of para-hydroxylation sites is 1. The molecule has 5 heteroatoms. The molecule has 5 nitrogen and oxygen atoms in total. The molecule has 0 radical (unpaired) electrons. The maximum absolute atomic E-state index is 10.9. The Morgan fingerprint density at radius 2 is 2.06 bits per heavy atom. The molecule has 94 valence electrons. The average molecular weight is 245 g/mol. The van der Waals surface area contributed by atoms with Gasteiger partial charge in [-0.25, -0.2) is 4.68 Å². The third-order valence-electron chi connectivity index (χ3n) is 2.54. The van der Waals surface area contributed by atoms with Crippen LogP contribution in [0.25, 0.3) is 0 Å². The van der Waals surface area contributed by atoms with Crippen molar-refractivity contribution in [3.05, 3.63) is 41.7 Å². The Morgan fingerprint density at radius 3 is 2.67 bits per heavy atom. The van der Waals surface area contributed by atoms with E-state index in [0.717, 1.165) is 5.75 Å². The van der Waals surface area contributed by atoms with Gasteiger partial charge in [0.25, 0.3) is 0 Å². The molecule has 1 aromatic heterocycles. The van der Waals surface area contributed by atoms with Gasteiger partial charge in [-0.3, -0.25) is 4.79 Å². The molecule has 2 aromatic rings. The highest BCUT2D eigenvalue weighted by atomic mass is 16.5. The number of carbonyl (C=O) groups excluding carboxylic acids is 1. The number of hydrogen-bond acceptors (Lipinski definition) is 4. The molecule has 0 unspecified atom stereocenters. The predicted octanol–water partition coefficient (Wildman–Crippen LogP) is 2.25. The van der Waals surface area contributed by atoms with Crippen molar-refractivity contribution in [3.8, 4) is 5.75 Å². The van der Waals surface area contributed by atoms with Crippen LogP contribution in [-0.2, 0) is 6.61 Å². The Morgan fingerprint density at radius 1 is 1.33 bits per heavy atom. The first-order valence-corrected chi connectivity index (χ1v) is 5.79. The molecule has 0 amide bonds. The second-order valence-electron chi connectivity index (χ2n) is 4.18. The molecular weight excluding hydrogens is 230 g/mol. The number of carbonyl (C=O) groups is 1. The van der Waals surface area contributed by atoms with Crippen molar-refractivity contribution in [1.29, 1.82) is 0 Å². The van der Waals surface area contributed by atoms with Gasteiger partial charge in [0.2, 0.25) is 0 Å². The van der Waals surface area contributed by atoms with Gasteiger partial charge in [-0.1, -0.05) is 23.4 Å². The lowest BCUT2D eigenvalue weighted by atomic mass is 10.3. The van der Waals surface area contributed by atoms with Gasteiger partial charge in [0.1, 0.15) is 18.1 Å². The van der Waals surface area contributed by atoms with Crippen LogP contribution in [0.5, 0.6) is 5.75 Å². The molecule has 0 saturated heterocycles. The fraction of sp³-hybridized carbons (Fsp3) is 0.308. The topological polar surface area (TPSA) is 57.0 Å². The standard InChI is InChI=1S/C13H15N3O2/c1-10(2)16-13(12(8-17)14-15-16)9-18-11-6-4-3-5-7-11/h3-8,10H,9H2,1-2H3. The maximum Gasteiger partial charge on any atom is 0.172 e. The molecule has 18 heavy (non-hydrogen) atoms.